The molecule has 3 N–H and O–H groups in total. The molecule has 34 heavy (non-hydrogen) atoms. The number of hydroxylamine groups is 1. The highest BCUT2D eigenvalue weighted by Crippen LogP contribution is 2.17. The van der Waals surface area contributed by atoms with Gasteiger partial charge in [0.2, 0.25) is 0 Å². The van der Waals surface area contributed by atoms with Crippen LogP contribution in [0.1, 0.15) is 16.7 Å². The zero-order valence-electron chi connectivity index (χ0n) is 18.8. The first-order chi connectivity index (χ1) is 16.1. The first kappa shape index (κ1) is 25.4. The lowest BCUT2D eigenvalue weighted by atomic mass is 9.80. The van der Waals surface area contributed by atoms with Crippen LogP contribution in [0.25, 0.3) is 6.08 Å². The Kier molecular flexibility index (Phi) is 8.43. The number of rotatable bonds is 10. The average Bonchev–Trinajstić information content (AvgIpc) is 3.28. The third-order valence-corrected chi connectivity index (χ3v) is 6.45. The highest BCUT2D eigenvalue weighted by atomic mass is 32.2. The number of hydrogen-bond donors (Lipinski definition) is 3. The number of nitrogens with zero attached hydrogens (tertiary/aromatic N) is 2. The van der Waals surface area contributed by atoms with Crippen molar-refractivity contribution >= 4 is 34.6 Å². The van der Waals surface area contributed by atoms with Crippen molar-refractivity contribution in [3.8, 4) is 0 Å². The van der Waals surface area contributed by atoms with E-state index in [4.69, 9.17) is 14.9 Å². The molecule has 0 aliphatic heterocycles. The fourth-order valence-electron chi connectivity index (χ4n) is 3.08. The monoisotopic (exact) mass is 483 g/mol. The summed E-state index contributed by atoms with van der Waals surface area (Å²) in [6, 6.07) is 14.7. The summed E-state index contributed by atoms with van der Waals surface area (Å²) in [7, 11) is -1.40. The van der Waals surface area contributed by atoms with Gasteiger partial charge in [0.1, 0.15) is 0 Å². The van der Waals surface area contributed by atoms with Crippen LogP contribution in [0.15, 0.2) is 78.0 Å². The van der Waals surface area contributed by atoms with Crippen molar-refractivity contribution in [1.82, 2.24) is 14.4 Å². The topological polar surface area (TPSA) is 121 Å². The summed E-state index contributed by atoms with van der Waals surface area (Å²) in [6.45, 7) is 0.800. The van der Waals surface area contributed by atoms with Gasteiger partial charge in [-0.1, -0.05) is 36.4 Å². The van der Waals surface area contributed by atoms with Crippen molar-refractivity contribution in [1.29, 1.82) is 0 Å². The van der Waals surface area contributed by atoms with Crippen LogP contribution < -0.4 is 10.9 Å². The van der Waals surface area contributed by atoms with Crippen molar-refractivity contribution in [2.24, 2.45) is 0 Å². The molecule has 3 rings (SSSR count). The molecule has 1 amide bonds. The second-order valence-corrected chi connectivity index (χ2v) is 9.71. The molecule has 3 aromatic rings. The van der Waals surface area contributed by atoms with Crippen LogP contribution in [-0.4, -0.2) is 54.5 Å². The molecule has 0 spiro atoms. The molecule has 1 heterocycles. The van der Waals surface area contributed by atoms with Crippen molar-refractivity contribution < 1.29 is 28.1 Å². The maximum atomic E-state index is 12.9. The lowest BCUT2D eigenvalue weighted by molar-refractivity contribution is -0.129. The second kappa shape index (κ2) is 11.3. The lowest BCUT2D eigenvalue weighted by Gasteiger charge is -2.10. The van der Waals surface area contributed by atoms with E-state index < -0.39 is 23.0 Å². The summed E-state index contributed by atoms with van der Waals surface area (Å²) in [5.74, 6) is -0.519. The number of carbonyl (C=O) groups excluding carboxylic acids is 1. The standard InChI is InChI=1S/C23H26BN3O6S/c1-26(2)15-18-5-10-22(11-6-18)34(31,32)27-14-13-19(16-27)7-12-23(28)25-33-17-20-3-8-21(9-4-20)24(29)30/h3-14,16,29-30H,15,17H2,1-2H3,(H,25,28)/b12-7-. The van der Waals surface area contributed by atoms with Gasteiger partial charge in [-0.25, -0.2) is 17.9 Å². The normalized spacial score (nSPS) is 11.8. The van der Waals surface area contributed by atoms with Gasteiger partial charge in [-0.2, -0.15) is 0 Å². The number of carbonyl (C=O) groups is 1. The second-order valence-electron chi connectivity index (χ2n) is 7.87. The molecule has 0 saturated heterocycles. The third kappa shape index (κ3) is 6.89. The van der Waals surface area contributed by atoms with E-state index in [2.05, 4.69) is 5.48 Å². The van der Waals surface area contributed by atoms with Crippen LogP contribution in [0, 0.1) is 0 Å². The van der Waals surface area contributed by atoms with E-state index in [1.807, 2.05) is 19.0 Å². The maximum absolute atomic E-state index is 12.9. The van der Waals surface area contributed by atoms with Crippen molar-refractivity contribution in [3.05, 3.63) is 89.8 Å². The van der Waals surface area contributed by atoms with Crippen molar-refractivity contribution in [2.45, 2.75) is 18.0 Å². The van der Waals surface area contributed by atoms with Gasteiger partial charge in [-0.05, 0) is 60.5 Å². The Morgan fingerprint density at radius 2 is 1.71 bits per heavy atom. The third-order valence-electron chi connectivity index (χ3n) is 4.80. The van der Waals surface area contributed by atoms with Crippen LogP contribution in [0.5, 0.6) is 0 Å². The summed E-state index contributed by atoms with van der Waals surface area (Å²) in [4.78, 5) is 19.3. The first-order valence-corrected chi connectivity index (χ1v) is 11.8. The molecular formula is C23H26BN3O6S. The molecule has 11 heteroatoms. The molecule has 178 valence electrons. The number of benzene rings is 2. The molecule has 0 bridgehead atoms. The van der Waals surface area contributed by atoms with E-state index in [1.165, 1.54) is 24.5 Å². The van der Waals surface area contributed by atoms with Gasteiger partial charge in [0, 0.05) is 25.0 Å². The Hall–Kier alpha value is -3.22. The van der Waals surface area contributed by atoms with E-state index in [0.717, 1.165) is 15.1 Å². The Morgan fingerprint density at radius 1 is 1.06 bits per heavy atom. The molecular weight excluding hydrogens is 457 g/mol. The quantitative estimate of drug-likeness (QED) is 0.221. The highest BCUT2D eigenvalue weighted by molar-refractivity contribution is 7.90. The van der Waals surface area contributed by atoms with E-state index in [1.54, 1.807) is 54.6 Å². The Morgan fingerprint density at radius 3 is 2.32 bits per heavy atom. The lowest BCUT2D eigenvalue weighted by Crippen LogP contribution is -2.29. The van der Waals surface area contributed by atoms with Gasteiger partial charge in [0.15, 0.2) is 0 Å². The van der Waals surface area contributed by atoms with Crippen LogP contribution in [0.3, 0.4) is 0 Å². The minimum absolute atomic E-state index is 0.0866. The number of aromatic nitrogens is 1. The van der Waals surface area contributed by atoms with Crippen LogP contribution >= 0.6 is 0 Å². The molecule has 0 fully saturated rings. The minimum atomic E-state index is -3.74. The fourth-order valence-corrected chi connectivity index (χ4v) is 4.28. The average molecular weight is 483 g/mol. The zero-order valence-corrected chi connectivity index (χ0v) is 19.6. The molecule has 0 radical (unpaired) electrons. The largest absolute Gasteiger partial charge is 0.488 e. The summed E-state index contributed by atoms with van der Waals surface area (Å²) in [5.41, 5.74) is 4.89. The zero-order chi connectivity index (χ0) is 24.7. The van der Waals surface area contributed by atoms with E-state index in [9.17, 15) is 13.2 Å². The SMILES string of the molecule is CN(C)Cc1ccc(S(=O)(=O)n2ccc(/C=C\C(=O)NOCc3ccc(B(O)O)cc3)c2)cc1. The van der Waals surface area contributed by atoms with Crippen LogP contribution in [0.2, 0.25) is 0 Å². The Bertz CT molecular complexity index is 1240. The van der Waals surface area contributed by atoms with Gasteiger partial charge < -0.3 is 14.9 Å². The number of amides is 1. The van der Waals surface area contributed by atoms with E-state index in [-0.39, 0.29) is 11.5 Å². The molecule has 0 aliphatic carbocycles. The smallest absolute Gasteiger partial charge is 0.423 e. The number of nitrogens with one attached hydrogen (secondary N) is 1. The maximum Gasteiger partial charge on any atom is 0.488 e. The highest BCUT2D eigenvalue weighted by Gasteiger charge is 2.16. The van der Waals surface area contributed by atoms with Gasteiger partial charge in [0.25, 0.3) is 15.9 Å². The number of hydrogen-bond acceptors (Lipinski definition) is 7. The molecule has 0 unspecified atom stereocenters. The van der Waals surface area contributed by atoms with E-state index in [0.29, 0.717) is 17.6 Å². The fraction of sp³-hybridized carbons (Fsp3) is 0.174. The minimum Gasteiger partial charge on any atom is -0.423 e. The molecule has 0 atom stereocenters. The summed E-state index contributed by atoms with van der Waals surface area (Å²) >= 11 is 0. The predicted molar refractivity (Wildman–Crippen MR) is 129 cm³/mol. The van der Waals surface area contributed by atoms with Crippen LogP contribution in [-0.2, 0) is 32.8 Å². The molecule has 9 nitrogen and oxygen atoms in total. The van der Waals surface area contributed by atoms with Gasteiger partial charge in [0.05, 0.1) is 11.5 Å². The molecule has 1 aromatic heterocycles. The first-order valence-electron chi connectivity index (χ1n) is 10.4. The summed E-state index contributed by atoms with van der Waals surface area (Å²) < 4.78 is 26.8. The summed E-state index contributed by atoms with van der Waals surface area (Å²) in [6.07, 6.45) is 5.55. The van der Waals surface area contributed by atoms with Crippen molar-refractivity contribution in [2.75, 3.05) is 14.1 Å². The summed E-state index contributed by atoms with van der Waals surface area (Å²) in [5, 5.41) is 18.2. The molecule has 0 aliphatic rings. The van der Waals surface area contributed by atoms with Gasteiger partial charge in [-0.15, -0.1) is 0 Å². The Labute approximate surface area is 199 Å². The molecule has 2 aromatic carbocycles. The van der Waals surface area contributed by atoms with E-state index >= 15 is 0 Å². The molecule has 0 saturated carbocycles. The van der Waals surface area contributed by atoms with Gasteiger partial charge >= 0.3 is 7.12 Å². The van der Waals surface area contributed by atoms with Gasteiger partial charge in [-0.3, -0.25) is 9.63 Å². The predicted octanol–water partition coefficient (Wildman–Crippen LogP) is 0.728. The van der Waals surface area contributed by atoms with Crippen LogP contribution in [0.4, 0.5) is 0 Å². The Balaban J connectivity index is 1.54. The van der Waals surface area contributed by atoms with Crippen molar-refractivity contribution in [3.63, 3.8) is 0 Å².